The first kappa shape index (κ1) is 15.1. The molecule has 1 amide bonds. The first-order chi connectivity index (χ1) is 11.1. The van der Waals surface area contributed by atoms with E-state index in [-0.39, 0.29) is 11.7 Å². The number of aryl methyl sites for hydroxylation is 1. The molecule has 23 heavy (non-hydrogen) atoms. The number of amides is 1. The van der Waals surface area contributed by atoms with Crippen LogP contribution in [0.3, 0.4) is 0 Å². The summed E-state index contributed by atoms with van der Waals surface area (Å²) in [6.45, 7) is 2.07. The number of para-hydroxylation sites is 1. The van der Waals surface area contributed by atoms with Crippen LogP contribution < -0.4 is 5.32 Å². The molecule has 2 heterocycles. The Balaban J connectivity index is 1.51. The van der Waals surface area contributed by atoms with Crippen molar-refractivity contribution in [3.05, 3.63) is 59.5 Å². The van der Waals surface area contributed by atoms with Gasteiger partial charge in [-0.3, -0.25) is 9.59 Å². The van der Waals surface area contributed by atoms with E-state index in [1.165, 1.54) is 17.9 Å². The molecule has 0 aliphatic carbocycles. The molecule has 0 bridgehead atoms. The van der Waals surface area contributed by atoms with E-state index in [2.05, 4.69) is 27.4 Å². The van der Waals surface area contributed by atoms with Crippen LogP contribution in [-0.2, 0) is 6.42 Å². The van der Waals surface area contributed by atoms with Crippen LogP contribution in [-0.4, -0.2) is 28.2 Å². The first-order valence-electron chi connectivity index (χ1n) is 7.67. The molecule has 0 saturated carbocycles. The summed E-state index contributed by atoms with van der Waals surface area (Å²) in [5.74, 6) is -0.240. The molecule has 0 unspecified atom stereocenters. The van der Waals surface area contributed by atoms with Gasteiger partial charge in [0.15, 0.2) is 5.78 Å². The van der Waals surface area contributed by atoms with E-state index in [9.17, 15) is 9.59 Å². The van der Waals surface area contributed by atoms with Crippen molar-refractivity contribution in [3.8, 4) is 0 Å². The normalized spacial score (nSPS) is 10.8. The van der Waals surface area contributed by atoms with Crippen LogP contribution in [0.2, 0.25) is 0 Å². The topological polar surface area (TPSA) is 77.8 Å². The molecule has 0 radical (unpaired) electrons. The third-order valence-corrected chi connectivity index (χ3v) is 3.92. The molecule has 0 saturated heterocycles. The highest BCUT2D eigenvalue weighted by Gasteiger charge is 2.10. The van der Waals surface area contributed by atoms with Crippen LogP contribution in [0.1, 0.15) is 39.8 Å². The molecule has 3 N–H and O–H groups in total. The van der Waals surface area contributed by atoms with Gasteiger partial charge in [-0.1, -0.05) is 18.2 Å². The monoisotopic (exact) mass is 309 g/mol. The van der Waals surface area contributed by atoms with E-state index >= 15 is 0 Å². The first-order valence-corrected chi connectivity index (χ1v) is 7.67. The molecule has 118 valence electrons. The number of benzene rings is 1. The molecule has 0 fully saturated rings. The average Bonchev–Trinajstić information content (AvgIpc) is 3.19. The van der Waals surface area contributed by atoms with Crippen molar-refractivity contribution in [2.24, 2.45) is 0 Å². The van der Waals surface area contributed by atoms with Crippen molar-refractivity contribution in [2.45, 2.75) is 19.8 Å². The van der Waals surface area contributed by atoms with Crippen LogP contribution in [0.25, 0.3) is 10.9 Å². The quantitative estimate of drug-likeness (QED) is 0.483. The van der Waals surface area contributed by atoms with Gasteiger partial charge in [-0.15, -0.1) is 0 Å². The predicted molar refractivity (Wildman–Crippen MR) is 89.8 cm³/mol. The molecule has 1 aromatic carbocycles. The fourth-order valence-corrected chi connectivity index (χ4v) is 2.64. The summed E-state index contributed by atoms with van der Waals surface area (Å²) in [5.41, 5.74) is 3.33. The SMILES string of the molecule is CC(=O)c1c[nH]c(C(=O)NCCCc2c[nH]c3ccccc23)c1. The maximum absolute atomic E-state index is 12.0. The van der Waals surface area contributed by atoms with Gasteiger partial charge in [-0.25, -0.2) is 0 Å². The molecule has 0 atom stereocenters. The number of carbonyl (C=O) groups is 2. The number of H-pyrrole nitrogens is 2. The minimum absolute atomic E-state index is 0.0559. The molecule has 3 rings (SSSR count). The largest absolute Gasteiger partial charge is 0.361 e. The van der Waals surface area contributed by atoms with Crippen molar-refractivity contribution in [3.63, 3.8) is 0 Å². The average molecular weight is 309 g/mol. The number of rotatable bonds is 6. The number of nitrogens with one attached hydrogen (secondary N) is 3. The number of carbonyl (C=O) groups excluding carboxylic acids is 2. The number of ketones is 1. The van der Waals surface area contributed by atoms with Crippen LogP contribution in [0, 0.1) is 0 Å². The van der Waals surface area contributed by atoms with Crippen molar-refractivity contribution in [1.29, 1.82) is 0 Å². The Kier molecular flexibility index (Phi) is 4.28. The third-order valence-electron chi connectivity index (χ3n) is 3.92. The van der Waals surface area contributed by atoms with E-state index in [1.807, 2.05) is 18.3 Å². The second kappa shape index (κ2) is 6.52. The summed E-state index contributed by atoms with van der Waals surface area (Å²) in [4.78, 5) is 29.3. The molecule has 5 heteroatoms. The molecular weight excluding hydrogens is 290 g/mol. The summed E-state index contributed by atoms with van der Waals surface area (Å²) in [6.07, 6.45) is 5.33. The second-order valence-electron chi connectivity index (χ2n) is 5.58. The lowest BCUT2D eigenvalue weighted by Crippen LogP contribution is -2.25. The minimum Gasteiger partial charge on any atom is -0.361 e. The lowest BCUT2D eigenvalue weighted by molar-refractivity contribution is 0.0948. The van der Waals surface area contributed by atoms with E-state index in [4.69, 9.17) is 0 Å². The van der Waals surface area contributed by atoms with Crippen LogP contribution in [0.5, 0.6) is 0 Å². The van der Waals surface area contributed by atoms with E-state index < -0.39 is 0 Å². The summed E-state index contributed by atoms with van der Waals surface area (Å²) in [7, 11) is 0. The van der Waals surface area contributed by atoms with Gasteiger partial charge in [0.1, 0.15) is 5.69 Å². The summed E-state index contributed by atoms with van der Waals surface area (Å²) in [6, 6.07) is 9.77. The minimum atomic E-state index is -0.184. The zero-order valence-corrected chi connectivity index (χ0v) is 13.0. The number of Topliss-reactive ketones (excluding diaryl/α,β-unsaturated/α-hetero) is 1. The Morgan fingerprint density at radius 2 is 1.96 bits per heavy atom. The number of fused-ring (bicyclic) bond motifs is 1. The van der Waals surface area contributed by atoms with Crippen molar-refractivity contribution in [1.82, 2.24) is 15.3 Å². The second-order valence-corrected chi connectivity index (χ2v) is 5.58. The zero-order chi connectivity index (χ0) is 16.2. The van der Waals surface area contributed by atoms with Crippen molar-refractivity contribution in [2.75, 3.05) is 6.54 Å². The smallest absolute Gasteiger partial charge is 0.267 e. The number of aromatic nitrogens is 2. The molecule has 0 spiro atoms. The molecule has 0 aliphatic rings. The van der Waals surface area contributed by atoms with Crippen LogP contribution >= 0.6 is 0 Å². The number of hydrogen-bond donors (Lipinski definition) is 3. The van der Waals surface area contributed by atoms with Gasteiger partial charge in [0, 0.05) is 35.4 Å². The lowest BCUT2D eigenvalue weighted by atomic mass is 10.1. The van der Waals surface area contributed by atoms with Gasteiger partial charge in [-0.05, 0) is 37.5 Å². The number of aromatic amines is 2. The highest BCUT2D eigenvalue weighted by Crippen LogP contribution is 2.18. The summed E-state index contributed by atoms with van der Waals surface area (Å²) >= 11 is 0. The molecule has 2 aromatic heterocycles. The third kappa shape index (κ3) is 3.34. The van der Waals surface area contributed by atoms with E-state index in [1.54, 1.807) is 12.3 Å². The van der Waals surface area contributed by atoms with Gasteiger partial charge in [0.25, 0.3) is 5.91 Å². The van der Waals surface area contributed by atoms with Crippen LogP contribution in [0.15, 0.2) is 42.7 Å². The predicted octanol–water partition coefficient (Wildman–Crippen LogP) is 3.06. The molecular formula is C18H19N3O2. The summed E-state index contributed by atoms with van der Waals surface area (Å²) < 4.78 is 0. The van der Waals surface area contributed by atoms with Gasteiger partial charge < -0.3 is 15.3 Å². The standard InChI is InChI=1S/C18H19N3O2/c1-12(22)14-9-17(21-11-14)18(23)19-8-4-5-13-10-20-16-7-3-2-6-15(13)16/h2-3,6-7,9-11,20-21H,4-5,8H2,1H3,(H,19,23). The van der Waals surface area contributed by atoms with Gasteiger partial charge >= 0.3 is 0 Å². The number of hydrogen-bond acceptors (Lipinski definition) is 2. The fraction of sp³-hybridized carbons (Fsp3) is 0.222. The van der Waals surface area contributed by atoms with Gasteiger partial charge in [0.05, 0.1) is 0 Å². The Bertz CT molecular complexity index is 845. The Morgan fingerprint density at radius 1 is 1.13 bits per heavy atom. The Morgan fingerprint density at radius 3 is 2.74 bits per heavy atom. The van der Waals surface area contributed by atoms with Crippen molar-refractivity contribution >= 4 is 22.6 Å². The van der Waals surface area contributed by atoms with Crippen LogP contribution in [0.4, 0.5) is 0 Å². The molecule has 3 aromatic rings. The van der Waals surface area contributed by atoms with Crippen molar-refractivity contribution < 1.29 is 9.59 Å². The van der Waals surface area contributed by atoms with Gasteiger partial charge in [-0.2, -0.15) is 0 Å². The maximum atomic E-state index is 12.0. The molecule has 5 nitrogen and oxygen atoms in total. The molecule has 0 aliphatic heterocycles. The maximum Gasteiger partial charge on any atom is 0.267 e. The Labute approximate surface area is 134 Å². The Hall–Kier alpha value is -2.82. The fourth-order valence-electron chi connectivity index (χ4n) is 2.64. The highest BCUT2D eigenvalue weighted by molar-refractivity contribution is 5.99. The highest BCUT2D eigenvalue weighted by atomic mass is 16.2. The lowest BCUT2D eigenvalue weighted by Gasteiger charge is -2.03. The zero-order valence-electron chi connectivity index (χ0n) is 13.0. The summed E-state index contributed by atoms with van der Waals surface area (Å²) in [5, 5.41) is 4.10. The van der Waals surface area contributed by atoms with Gasteiger partial charge in [0.2, 0.25) is 0 Å². The van der Waals surface area contributed by atoms with E-state index in [0.717, 1.165) is 18.4 Å². The van der Waals surface area contributed by atoms with E-state index in [0.29, 0.717) is 17.8 Å².